The van der Waals surface area contributed by atoms with Crippen LogP contribution < -0.4 is 29.7 Å². The van der Waals surface area contributed by atoms with Crippen LogP contribution in [0.1, 0.15) is 75.1 Å². The van der Waals surface area contributed by atoms with Gasteiger partial charge < -0.3 is 39.2 Å². The van der Waals surface area contributed by atoms with E-state index >= 15 is 0 Å². The van der Waals surface area contributed by atoms with Crippen molar-refractivity contribution in [3.8, 4) is 17.2 Å². The number of amides is 4. The van der Waals surface area contributed by atoms with Crippen molar-refractivity contribution >= 4 is 68.0 Å². The summed E-state index contributed by atoms with van der Waals surface area (Å²) in [6, 6.07) is 23.1. The quantitative estimate of drug-likeness (QED) is 0.0485. The summed E-state index contributed by atoms with van der Waals surface area (Å²) in [5, 5.41) is 0. The Morgan fingerprint density at radius 2 is 1.03 bits per heavy atom. The molecule has 4 amide bonds. The Bertz CT molecular complexity index is 2750. The molecule has 2 N–H and O–H groups in total. The highest BCUT2D eigenvalue weighted by Gasteiger charge is 2.45. The molecule has 16 heteroatoms. The second-order valence-corrected chi connectivity index (χ2v) is 33.0. The molecule has 0 aliphatic carbocycles. The Morgan fingerprint density at radius 3 is 1.51 bits per heavy atom. The van der Waals surface area contributed by atoms with E-state index in [1.807, 2.05) is 80.7 Å². The summed E-state index contributed by atoms with van der Waals surface area (Å²) in [6.45, 7) is 19.4. The van der Waals surface area contributed by atoms with Crippen LogP contribution in [0.25, 0.3) is 11.1 Å². The molecule has 0 fully saturated rings. The topological polar surface area (TPSA) is 153 Å². The van der Waals surface area contributed by atoms with Crippen LogP contribution in [0, 0.1) is 13.8 Å². The Labute approximate surface area is 426 Å². The van der Waals surface area contributed by atoms with Gasteiger partial charge in [-0.2, -0.15) is 0 Å². The van der Waals surface area contributed by atoms with Crippen LogP contribution in [-0.4, -0.2) is 109 Å². The van der Waals surface area contributed by atoms with Gasteiger partial charge in [-0.3, -0.25) is 29.0 Å². The Hall–Kier alpha value is -6.21. The van der Waals surface area contributed by atoms with Gasteiger partial charge in [-0.25, -0.2) is 0 Å². The zero-order valence-electron chi connectivity index (χ0n) is 43.5. The third-order valence-electron chi connectivity index (χ3n) is 13.7. The fraction of sp³-hybridized carbons (Fsp3) is 0.429. The predicted molar refractivity (Wildman–Crippen MR) is 289 cm³/mol. The first-order valence-electron chi connectivity index (χ1n) is 25.2. The molecule has 14 nitrogen and oxygen atoms in total. The van der Waals surface area contributed by atoms with Crippen LogP contribution in [0.15, 0.2) is 85.2 Å². The smallest absolute Gasteiger partial charge is 0.260 e. The van der Waals surface area contributed by atoms with E-state index in [0.717, 1.165) is 51.9 Å². The maximum absolute atomic E-state index is 14.5. The average Bonchev–Trinajstić information content (AvgIpc) is 3.97. The molecule has 2 atom stereocenters. The lowest BCUT2D eigenvalue weighted by Crippen LogP contribution is -2.45. The van der Waals surface area contributed by atoms with Crippen molar-refractivity contribution in [2.45, 2.75) is 109 Å². The van der Waals surface area contributed by atoms with Gasteiger partial charge >= 0.3 is 0 Å². The number of anilines is 3. The Morgan fingerprint density at radius 1 is 0.569 bits per heavy atom. The number of fused-ring (bicyclic) bond motifs is 4. The average molecular weight is 1010 g/mol. The number of carbonyl (C=O) groups is 4. The van der Waals surface area contributed by atoms with Crippen molar-refractivity contribution in [1.82, 2.24) is 9.80 Å². The predicted octanol–water partition coefficient (Wildman–Crippen LogP) is 10.4. The van der Waals surface area contributed by atoms with Crippen LogP contribution in [0.3, 0.4) is 0 Å². The Balaban J connectivity index is 0.938. The molecule has 382 valence electrons. The summed E-state index contributed by atoms with van der Waals surface area (Å²) >= 11 is 0. The van der Waals surface area contributed by atoms with Gasteiger partial charge in [-0.05, 0) is 97.3 Å². The second-order valence-electron chi connectivity index (χ2n) is 21.8. The summed E-state index contributed by atoms with van der Waals surface area (Å²) in [4.78, 5) is 64.1. The molecule has 0 saturated carbocycles. The van der Waals surface area contributed by atoms with Gasteiger partial charge in [-0.1, -0.05) is 81.2 Å². The van der Waals surface area contributed by atoms with E-state index < -0.39 is 28.2 Å². The SMILES string of the molecule is COc1cc2c(cc1OCCCCCOc1cc3c(cc1C)C(=O)N1C=C(c4ccc(N)cc4)C[C@H]1C(=O)N3COCC[Si](C)(C)C)N(COCC[Si](C)(C)C)C(=O)[C@@H]1CC(c3ccc(C)cc3)=CN1C2=O. The van der Waals surface area contributed by atoms with Gasteiger partial charge in [0.25, 0.3) is 23.6 Å². The number of aryl methyl sites for hydroxylation is 2. The molecule has 4 aliphatic rings. The van der Waals surface area contributed by atoms with E-state index in [9.17, 15) is 19.2 Å². The van der Waals surface area contributed by atoms with E-state index in [-0.39, 0.29) is 37.1 Å². The minimum Gasteiger partial charge on any atom is -0.493 e. The van der Waals surface area contributed by atoms with Gasteiger partial charge in [-0.15, -0.1) is 0 Å². The number of rotatable bonds is 21. The number of nitrogens with zero attached hydrogens (tertiary/aromatic N) is 4. The van der Waals surface area contributed by atoms with E-state index in [0.29, 0.717) is 97.5 Å². The molecule has 8 rings (SSSR count). The van der Waals surface area contributed by atoms with Crippen LogP contribution in [0.5, 0.6) is 17.2 Å². The highest BCUT2D eigenvalue weighted by Crippen LogP contribution is 2.43. The molecular weight excluding hydrogens is 943 g/mol. The molecule has 0 spiro atoms. The lowest BCUT2D eigenvalue weighted by molar-refractivity contribution is -0.123. The fourth-order valence-electron chi connectivity index (χ4n) is 9.30. The molecule has 0 unspecified atom stereocenters. The molecule has 0 saturated heterocycles. The molecule has 4 aliphatic heterocycles. The van der Waals surface area contributed by atoms with E-state index in [2.05, 4.69) is 39.3 Å². The van der Waals surface area contributed by atoms with Crippen molar-refractivity contribution in [1.29, 1.82) is 0 Å². The number of ether oxygens (including phenoxy) is 5. The van der Waals surface area contributed by atoms with E-state index in [1.165, 1.54) is 0 Å². The maximum Gasteiger partial charge on any atom is 0.260 e. The maximum atomic E-state index is 14.5. The number of benzene rings is 4. The summed E-state index contributed by atoms with van der Waals surface area (Å²) in [7, 11) is -1.27. The minimum atomic E-state index is -1.41. The standard InChI is InChI=1S/C56H71N5O9Si2/c1-37-13-15-39(16-14-37)41-28-49-56(65)61(36-68-24-26-72(7,8)9)47-32-52(51(66-3)30-45(47)54(63)59(49)33-41)70-22-12-10-11-21-69-50-31-46-44(27-38(50)2)53(62)58-34-42(40-17-19-43(57)20-18-40)29-48(58)55(64)60(46)35-67-23-25-71(4,5)6/h13-20,27,30-34,48-49H,10-12,21-26,28-29,35-36,57H2,1-9H3/t48-,49-/m0/s1. The third-order valence-corrected chi connectivity index (χ3v) is 17.1. The highest BCUT2D eigenvalue weighted by atomic mass is 28.3. The monoisotopic (exact) mass is 1010 g/mol. The second kappa shape index (κ2) is 21.9. The molecule has 4 aromatic rings. The molecule has 4 heterocycles. The van der Waals surface area contributed by atoms with Gasteiger partial charge in [0.05, 0.1) is 42.8 Å². The first-order valence-corrected chi connectivity index (χ1v) is 32.6. The molecule has 0 aromatic heterocycles. The lowest BCUT2D eigenvalue weighted by atomic mass is 10.0. The van der Waals surface area contributed by atoms with Crippen LogP contribution >= 0.6 is 0 Å². The van der Waals surface area contributed by atoms with Crippen molar-refractivity contribution in [2.24, 2.45) is 0 Å². The first-order chi connectivity index (χ1) is 34.3. The number of nitrogen functional groups attached to an aromatic ring is 1. The highest BCUT2D eigenvalue weighted by molar-refractivity contribution is 6.76. The van der Waals surface area contributed by atoms with E-state index in [1.54, 1.807) is 45.0 Å². The van der Waals surface area contributed by atoms with Crippen LogP contribution in [-0.2, 0) is 19.1 Å². The Kier molecular flexibility index (Phi) is 15.8. The summed E-state index contributed by atoms with van der Waals surface area (Å²) in [6.07, 6.45) is 6.53. The summed E-state index contributed by atoms with van der Waals surface area (Å²) in [5.74, 6) is 0.445. The minimum absolute atomic E-state index is 0.00283. The number of hydrogen-bond acceptors (Lipinski definition) is 10. The van der Waals surface area contributed by atoms with Gasteiger partial charge in [0.2, 0.25) is 0 Å². The van der Waals surface area contributed by atoms with Crippen molar-refractivity contribution in [3.63, 3.8) is 0 Å². The number of hydrogen-bond donors (Lipinski definition) is 1. The van der Waals surface area contributed by atoms with Crippen molar-refractivity contribution < 1.29 is 42.9 Å². The molecule has 72 heavy (non-hydrogen) atoms. The van der Waals surface area contributed by atoms with Gasteiger partial charge in [0, 0.05) is 72.4 Å². The molecule has 0 radical (unpaired) electrons. The van der Waals surface area contributed by atoms with Gasteiger partial charge in [0.1, 0.15) is 31.3 Å². The number of carbonyl (C=O) groups excluding carboxylic acids is 4. The zero-order chi connectivity index (χ0) is 51.5. The largest absolute Gasteiger partial charge is 0.493 e. The van der Waals surface area contributed by atoms with Crippen molar-refractivity contribution in [2.75, 3.05) is 62.5 Å². The molecule has 4 aromatic carbocycles. The van der Waals surface area contributed by atoms with E-state index in [4.69, 9.17) is 29.4 Å². The molecular formula is C56H71N5O9Si2. The zero-order valence-corrected chi connectivity index (χ0v) is 45.5. The normalized spacial score (nSPS) is 17.8. The number of unbranched alkanes of at least 4 members (excludes halogenated alkanes) is 2. The molecule has 0 bridgehead atoms. The van der Waals surface area contributed by atoms with Crippen LogP contribution in [0.4, 0.5) is 17.1 Å². The number of nitrogens with two attached hydrogens (primary N) is 1. The summed E-state index contributed by atoms with van der Waals surface area (Å²) < 4.78 is 30.9. The fourth-order valence-corrected chi connectivity index (χ4v) is 10.8. The van der Waals surface area contributed by atoms with Crippen molar-refractivity contribution in [3.05, 3.63) is 119 Å². The third kappa shape index (κ3) is 11.8. The van der Waals surface area contributed by atoms with Gasteiger partial charge in [0.15, 0.2) is 11.5 Å². The first kappa shape index (κ1) is 52.1. The lowest BCUT2D eigenvalue weighted by Gasteiger charge is -2.27. The van der Waals surface area contributed by atoms with Crippen LogP contribution in [0.2, 0.25) is 51.4 Å². The number of methoxy groups -OCH3 is 1. The summed E-state index contributed by atoms with van der Waals surface area (Å²) in [5.41, 5.74) is 13.9.